The topological polar surface area (TPSA) is 9.23 Å². The molecular weight excluding hydrogens is 272 g/mol. The van der Waals surface area contributed by atoms with Gasteiger partial charge in [0.25, 0.3) is 0 Å². The van der Waals surface area contributed by atoms with Crippen molar-refractivity contribution in [1.29, 1.82) is 0 Å². The molecule has 1 atom stereocenters. The van der Waals surface area contributed by atoms with E-state index in [-0.39, 0.29) is 0 Å². The molecule has 0 aliphatic heterocycles. The third-order valence-electron chi connectivity index (χ3n) is 4.60. The summed E-state index contributed by atoms with van der Waals surface area (Å²) in [5, 5.41) is 0. The third-order valence-corrected chi connectivity index (χ3v) is 7.27. The normalized spacial score (nSPS) is 13.6. The minimum absolute atomic E-state index is 0.550. The molecule has 2 heteroatoms. The lowest BCUT2D eigenvalue weighted by Gasteiger charge is -2.29. The lowest BCUT2D eigenvalue weighted by molar-refractivity contribution is 0.163. The second-order valence-electron chi connectivity index (χ2n) is 7.26. The van der Waals surface area contributed by atoms with Gasteiger partial charge in [0, 0.05) is 6.10 Å². The number of hydrogen-bond donors (Lipinski definition) is 0. The van der Waals surface area contributed by atoms with Gasteiger partial charge in [-0.1, -0.05) is 85.0 Å². The maximum absolute atomic E-state index is 6.52. The van der Waals surface area contributed by atoms with Crippen molar-refractivity contribution in [3.63, 3.8) is 0 Å². The van der Waals surface area contributed by atoms with E-state index < -0.39 is 8.32 Å². The molecule has 0 spiro atoms. The highest BCUT2D eigenvalue weighted by atomic mass is 28.4. The Morgan fingerprint density at radius 2 is 1.10 bits per heavy atom. The first-order chi connectivity index (χ1) is 10.1. The fourth-order valence-corrected chi connectivity index (χ4v) is 4.05. The molecule has 0 aromatic carbocycles. The van der Waals surface area contributed by atoms with Crippen molar-refractivity contribution in [3.8, 4) is 0 Å². The van der Waals surface area contributed by atoms with Crippen LogP contribution in [0.4, 0.5) is 0 Å². The second kappa shape index (κ2) is 13.8. The Hall–Kier alpha value is 0.177. The maximum atomic E-state index is 6.52. The van der Waals surface area contributed by atoms with Crippen LogP contribution in [-0.2, 0) is 4.43 Å². The Kier molecular flexibility index (Phi) is 13.9. The number of unbranched alkanes of at least 4 members (excludes halogenated alkanes) is 8. The van der Waals surface area contributed by atoms with Gasteiger partial charge in [-0.2, -0.15) is 0 Å². The highest BCUT2D eigenvalue weighted by Crippen LogP contribution is 2.21. The molecule has 0 saturated carbocycles. The summed E-state index contributed by atoms with van der Waals surface area (Å²) in [6.07, 6.45) is 17.0. The maximum Gasteiger partial charge on any atom is 0.186 e. The molecule has 128 valence electrons. The molecule has 1 unspecified atom stereocenters. The molecule has 0 heterocycles. The molecule has 0 aromatic rings. The standard InChI is InChI=1S/C19H42OSi/c1-6-9-11-12-13-14-16-18-19(17-15-10-7-2)20-21(4,5)8-3/h19H,6-18H2,1-5H3. The van der Waals surface area contributed by atoms with Gasteiger partial charge >= 0.3 is 0 Å². The molecule has 0 rings (SSSR count). The predicted octanol–water partition coefficient (Wildman–Crippen LogP) is 7.32. The van der Waals surface area contributed by atoms with E-state index >= 15 is 0 Å². The van der Waals surface area contributed by atoms with Gasteiger partial charge in [0.05, 0.1) is 0 Å². The average molecular weight is 315 g/mol. The van der Waals surface area contributed by atoms with E-state index in [1.807, 2.05) is 0 Å². The molecule has 0 aromatic heterocycles. The van der Waals surface area contributed by atoms with Crippen LogP contribution in [0.15, 0.2) is 0 Å². The first-order valence-electron chi connectivity index (χ1n) is 9.73. The van der Waals surface area contributed by atoms with E-state index in [0.717, 1.165) is 0 Å². The smallest absolute Gasteiger partial charge is 0.186 e. The Morgan fingerprint density at radius 1 is 0.667 bits per heavy atom. The van der Waals surface area contributed by atoms with Crippen LogP contribution >= 0.6 is 0 Å². The van der Waals surface area contributed by atoms with E-state index in [2.05, 4.69) is 33.9 Å². The van der Waals surface area contributed by atoms with Crippen LogP contribution in [0.25, 0.3) is 0 Å². The minimum Gasteiger partial charge on any atom is -0.414 e. The fraction of sp³-hybridized carbons (Fsp3) is 1.00. The van der Waals surface area contributed by atoms with E-state index in [9.17, 15) is 0 Å². The summed E-state index contributed by atoms with van der Waals surface area (Å²) in [4.78, 5) is 0. The Bertz CT molecular complexity index is 216. The predicted molar refractivity (Wildman–Crippen MR) is 99.6 cm³/mol. The molecule has 0 fully saturated rings. The van der Waals surface area contributed by atoms with Gasteiger partial charge in [-0.3, -0.25) is 0 Å². The van der Waals surface area contributed by atoms with Gasteiger partial charge in [0.15, 0.2) is 8.32 Å². The molecule has 0 aliphatic rings. The third kappa shape index (κ3) is 13.6. The van der Waals surface area contributed by atoms with Crippen molar-refractivity contribution < 1.29 is 4.43 Å². The first-order valence-corrected chi connectivity index (χ1v) is 12.8. The number of rotatable bonds is 15. The van der Waals surface area contributed by atoms with Crippen LogP contribution in [0, 0.1) is 0 Å². The molecule has 0 aliphatic carbocycles. The van der Waals surface area contributed by atoms with Crippen molar-refractivity contribution in [2.75, 3.05) is 0 Å². The van der Waals surface area contributed by atoms with Crippen LogP contribution in [0.2, 0.25) is 19.1 Å². The molecule has 0 N–H and O–H groups in total. The quantitative estimate of drug-likeness (QED) is 0.227. The fourth-order valence-electron chi connectivity index (χ4n) is 2.75. The van der Waals surface area contributed by atoms with Crippen LogP contribution < -0.4 is 0 Å². The van der Waals surface area contributed by atoms with Crippen molar-refractivity contribution in [1.82, 2.24) is 0 Å². The molecule has 0 bridgehead atoms. The lowest BCUT2D eigenvalue weighted by Crippen LogP contribution is -2.34. The van der Waals surface area contributed by atoms with Crippen LogP contribution in [-0.4, -0.2) is 14.4 Å². The van der Waals surface area contributed by atoms with E-state index in [1.54, 1.807) is 0 Å². The van der Waals surface area contributed by atoms with Crippen molar-refractivity contribution in [3.05, 3.63) is 0 Å². The van der Waals surface area contributed by atoms with Crippen LogP contribution in [0.1, 0.15) is 97.8 Å². The summed E-state index contributed by atoms with van der Waals surface area (Å²) in [5.41, 5.74) is 0. The molecule has 0 amide bonds. The highest BCUT2D eigenvalue weighted by Gasteiger charge is 2.24. The summed E-state index contributed by atoms with van der Waals surface area (Å²) < 4.78 is 6.52. The van der Waals surface area contributed by atoms with E-state index in [4.69, 9.17) is 4.43 Å². The van der Waals surface area contributed by atoms with Gasteiger partial charge in [-0.15, -0.1) is 0 Å². The molecule has 0 saturated heterocycles. The zero-order valence-corrected chi connectivity index (χ0v) is 16.7. The average Bonchev–Trinajstić information content (AvgIpc) is 2.46. The zero-order chi connectivity index (χ0) is 16.0. The van der Waals surface area contributed by atoms with Crippen molar-refractivity contribution in [2.45, 2.75) is 123 Å². The summed E-state index contributed by atoms with van der Waals surface area (Å²) in [6.45, 7) is 11.6. The summed E-state index contributed by atoms with van der Waals surface area (Å²) in [5.74, 6) is 0. The van der Waals surface area contributed by atoms with Crippen molar-refractivity contribution in [2.24, 2.45) is 0 Å². The Morgan fingerprint density at radius 3 is 1.62 bits per heavy atom. The first kappa shape index (κ1) is 21.2. The molecule has 1 nitrogen and oxygen atoms in total. The summed E-state index contributed by atoms with van der Waals surface area (Å²) in [7, 11) is -1.39. The highest BCUT2D eigenvalue weighted by molar-refractivity contribution is 6.71. The molecule has 21 heavy (non-hydrogen) atoms. The van der Waals surface area contributed by atoms with Crippen LogP contribution in [0.5, 0.6) is 0 Å². The van der Waals surface area contributed by atoms with Crippen molar-refractivity contribution >= 4 is 8.32 Å². The minimum atomic E-state index is -1.39. The zero-order valence-electron chi connectivity index (χ0n) is 15.7. The monoisotopic (exact) mass is 314 g/mol. The molecule has 0 radical (unpaired) electrons. The van der Waals surface area contributed by atoms with Gasteiger partial charge < -0.3 is 4.43 Å². The van der Waals surface area contributed by atoms with Gasteiger partial charge in [-0.05, 0) is 32.0 Å². The second-order valence-corrected chi connectivity index (χ2v) is 11.7. The van der Waals surface area contributed by atoms with Gasteiger partial charge in [-0.25, -0.2) is 0 Å². The molecular formula is C19H42OSi. The van der Waals surface area contributed by atoms with Gasteiger partial charge in [0.1, 0.15) is 0 Å². The van der Waals surface area contributed by atoms with E-state index in [1.165, 1.54) is 83.1 Å². The van der Waals surface area contributed by atoms with E-state index in [0.29, 0.717) is 6.10 Å². The summed E-state index contributed by atoms with van der Waals surface area (Å²) >= 11 is 0. The summed E-state index contributed by atoms with van der Waals surface area (Å²) in [6, 6.07) is 1.24. The Balaban J connectivity index is 3.87. The lowest BCUT2D eigenvalue weighted by atomic mass is 10.0. The largest absolute Gasteiger partial charge is 0.414 e. The Labute approximate surface area is 136 Å². The SMILES string of the molecule is CCCCCCCCCC(CCCCC)O[Si](C)(C)CC. The number of hydrogen-bond acceptors (Lipinski definition) is 1. The van der Waals surface area contributed by atoms with Gasteiger partial charge in [0.2, 0.25) is 0 Å². The van der Waals surface area contributed by atoms with Crippen LogP contribution in [0.3, 0.4) is 0 Å².